The van der Waals surface area contributed by atoms with Gasteiger partial charge in [-0.1, -0.05) is 29.4 Å². The summed E-state index contributed by atoms with van der Waals surface area (Å²) >= 11 is 1.49. The number of thiazole rings is 1. The van der Waals surface area contributed by atoms with Crippen LogP contribution in [0.5, 0.6) is 0 Å². The quantitative estimate of drug-likeness (QED) is 0.571. The van der Waals surface area contributed by atoms with Gasteiger partial charge < -0.3 is 10.3 Å². The molecule has 2 aromatic heterocycles. The van der Waals surface area contributed by atoms with Gasteiger partial charge in [0.2, 0.25) is 5.82 Å². The highest BCUT2D eigenvalue weighted by Crippen LogP contribution is 2.30. The number of nitrogens with zero attached hydrogens (tertiary/aromatic N) is 3. The Kier molecular flexibility index (Phi) is 2.68. The Morgan fingerprint density at radius 3 is 2.67 bits per heavy atom. The van der Waals surface area contributed by atoms with Crippen LogP contribution in [0.1, 0.15) is 0 Å². The fourth-order valence-electron chi connectivity index (χ4n) is 2.20. The highest BCUT2D eigenvalue weighted by Gasteiger charge is 2.14. The number of aromatic nitrogens is 3. The molecule has 2 aromatic carbocycles. The predicted molar refractivity (Wildman–Crippen MR) is 82.8 cm³/mol. The van der Waals surface area contributed by atoms with Crippen LogP contribution >= 0.6 is 11.3 Å². The summed E-state index contributed by atoms with van der Waals surface area (Å²) in [7, 11) is 0. The molecule has 0 aliphatic heterocycles. The van der Waals surface area contributed by atoms with Crippen LogP contribution in [-0.4, -0.2) is 15.1 Å². The van der Waals surface area contributed by atoms with E-state index in [0.717, 1.165) is 16.3 Å². The van der Waals surface area contributed by atoms with Crippen molar-refractivity contribution in [2.75, 3.05) is 5.73 Å². The Bertz CT molecular complexity index is 914. The van der Waals surface area contributed by atoms with E-state index in [4.69, 9.17) is 10.3 Å². The Labute approximate surface area is 124 Å². The lowest BCUT2D eigenvalue weighted by Gasteiger charge is -2.03. The summed E-state index contributed by atoms with van der Waals surface area (Å²) in [6.07, 6.45) is 0. The molecule has 4 aromatic rings. The zero-order chi connectivity index (χ0) is 14.2. The van der Waals surface area contributed by atoms with Crippen LogP contribution in [0, 0.1) is 0 Å². The summed E-state index contributed by atoms with van der Waals surface area (Å²) in [6, 6.07) is 11.9. The van der Waals surface area contributed by atoms with E-state index in [1.807, 2.05) is 41.8 Å². The van der Waals surface area contributed by atoms with E-state index < -0.39 is 0 Å². The molecule has 0 unspecified atom stereocenters. The maximum atomic E-state index is 6.11. The summed E-state index contributed by atoms with van der Waals surface area (Å²) in [5.41, 5.74) is 9.89. The Balaban J connectivity index is 1.85. The minimum Gasteiger partial charge on any atom is -0.398 e. The molecule has 0 aliphatic rings. The van der Waals surface area contributed by atoms with Crippen molar-refractivity contribution in [1.82, 2.24) is 15.1 Å². The first-order valence-electron chi connectivity index (χ1n) is 6.32. The third kappa shape index (κ3) is 2.05. The fourth-order valence-corrected chi connectivity index (χ4v) is 2.73. The molecular formula is C15H10N4OS. The fraction of sp³-hybridized carbons (Fsp3) is 0. The first-order valence-corrected chi connectivity index (χ1v) is 7.26. The average Bonchev–Trinajstić information content (AvgIpc) is 3.17. The van der Waals surface area contributed by atoms with Crippen molar-refractivity contribution in [2.24, 2.45) is 0 Å². The molecule has 6 heteroatoms. The van der Waals surface area contributed by atoms with Crippen molar-refractivity contribution in [1.29, 1.82) is 0 Å². The lowest BCUT2D eigenvalue weighted by atomic mass is 10.1. The molecule has 0 saturated heterocycles. The minimum atomic E-state index is 0.404. The van der Waals surface area contributed by atoms with Crippen molar-refractivity contribution in [2.45, 2.75) is 0 Å². The molecular weight excluding hydrogens is 284 g/mol. The smallest absolute Gasteiger partial charge is 0.260 e. The lowest BCUT2D eigenvalue weighted by molar-refractivity contribution is 0.432. The van der Waals surface area contributed by atoms with Crippen LogP contribution < -0.4 is 5.73 Å². The molecule has 2 N–H and O–H groups in total. The van der Waals surface area contributed by atoms with Crippen molar-refractivity contribution < 1.29 is 4.52 Å². The number of rotatable bonds is 2. The molecule has 0 radical (unpaired) electrons. The van der Waals surface area contributed by atoms with Crippen molar-refractivity contribution >= 4 is 27.8 Å². The third-order valence-electron chi connectivity index (χ3n) is 3.24. The summed E-state index contributed by atoms with van der Waals surface area (Å²) in [5.74, 6) is 0.875. The number of hydrogen-bond acceptors (Lipinski definition) is 6. The van der Waals surface area contributed by atoms with Gasteiger partial charge in [-0.25, -0.2) is 4.98 Å². The van der Waals surface area contributed by atoms with Gasteiger partial charge in [0.1, 0.15) is 5.69 Å². The Morgan fingerprint density at radius 1 is 1.10 bits per heavy atom. The molecule has 0 aliphatic carbocycles. The highest BCUT2D eigenvalue weighted by molar-refractivity contribution is 7.07. The van der Waals surface area contributed by atoms with Crippen LogP contribution in [0.3, 0.4) is 0 Å². The number of benzene rings is 2. The van der Waals surface area contributed by atoms with E-state index in [0.29, 0.717) is 23.1 Å². The Morgan fingerprint density at radius 2 is 1.90 bits per heavy atom. The summed E-state index contributed by atoms with van der Waals surface area (Å²) in [4.78, 5) is 8.55. The van der Waals surface area contributed by atoms with Gasteiger partial charge in [-0.15, -0.1) is 11.3 Å². The molecule has 2 heterocycles. The van der Waals surface area contributed by atoms with E-state index in [2.05, 4.69) is 15.1 Å². The SMILES string of the molecule is Nc1cc2ccccc2cc1-c1nc(-c2cscn2)no1. The van der Waals surface area contributed by atoms with E-state index in [9.17, 15) is 0 Å². The predicted octanol–water partition coefficient (Wildman–Crippen LogP) is 3.60. The monoisotopic (exact) mass is 294 g/mol. The largest absolute Gasteiger partial charge is 0.398 e. The van der Waals surface area contributed by atoms with Crippen molar-refractivity contribution in [3.8, 4) is 23.0 Å². The molecule has 21 heavy (non-hydrogen) atoms. The van der Waals surface area contributed by atoms with Gasteiger partial charge >= 0.3 is 0 Å². The molecule has 0 bridgehead atoms. The van der Waals surface area contributed by atoms with Gasteiger partial charge in [0, 0.05) is 11.1 Å². The standard InChI is InChI=1S/C15H10N4OS/c16-12-6-10-4-2-1-3-9(10)5-11(12)15-18-14(19-20-15)13-7-21-8-17-13/h1-8H,16H2. The maximum absolute atomic E-state index is 6.11. The van der Waals surface area contributed by atoms with Gasteiger partial charge in [-0.2, -0.15) is 4.98 Å². The molecule has 0 amide bonds. The van der Waals surface area contributed by atoms with E-state index >= 15 is 0 Å². The molecule has 0 saturated carbocycles. The number of anilines is 1. The highest BCUT2D eigenvalue weighted by atomic mass is 32.1. The second-order valence-electron chi connectivity index (χ2n) is 4.58. The van der Waals surface area contributed by atoms with Gasteiger partial charge in [0.15, 0.2) is 0 Å². The number of hydrogen-bond donors (Lipinski definition) is 1. The summed E-state index contributed by atoms with van der Waals surface area (Å²) in [5, 5.41) is 7.99. The van der Waals surface area contributed by atoms with Gasteiger partial charge in [0.05, 0.1) is 11.1 Å². The summed E-state index contributed by atoms with van der Waals surface area (Å²) < 4.78 is 5.33. The molecule has 0 atom stereocenters. The van der Waals surface area contributed by atoms with Gasteiger partial charge in [-0.3, -0.25) is 0 Å². The van der Waals surface area contributed by atoms with Crippen LogP contribution in [0.4, 0.5) is 5.69 Å². The maximum Gasteiger partial charge on any atom is 0.260 e. The number of fused-ring (bicyclic) bond motifs is 1. The minimum absolute atomic E-state index is 0.404. The van der Waals surface area contributed by atoms with Gasteiger partial charge in [-0.05, 0) is 22.9 Å². The molecule has 4 rings (SSSR count). The molecule has 0 fully saturated rings. The average molecular weight is 294 g/mol. The van der Waals surface area contributed by atoms with Crippen LogP contribution in [0.25, 0.3) is 33.7 Å². The van der Waals surface area contributed by atoms with Crippen LogP contribution in [-0.2, 0) is 0 Å². The van der Waals surface area contributed by atoms with Crippen molar-refractivity contribution in [3.05, 3.63) is 47.3 Å². The third-order valence-corrected chi connectivity index (χ3v) is 3.82. The lowest BCUT2D eigenvalue weighted by Crippen LogP contribution is -1.91. The second kappa shape index (κ2) is 4.68. The topological polar surface area (TPSA) is 77.8 Å². The van der Waals surface area contributed by atoms with Crippen molar-refractivity contribution in [3.63, 3.8) is 0 Å². The number of nitrogens with two attached hydrogens (primary N) is 1. The normalized spacial score (nSPS) is 11.0. The second-order valence-corrected chi connectivity index (χ2v) is 5.30. The van der Waals surface area contributed by atoms with Crippen LogP contribution in [0.15, 0.2) is 51.8 Å². The first kappa shape index (κ1) is 12.0. The van der Waals surface area contributed by atoms with E-state index in [1.54, 1.807) is 5.51 Å². The first-order chi connectivity index (χ1) is 10.3. The molecule has 102 valence electrons. The Hall–Kier alpha value is -2.73. The summed E-state index contributed by atoms with van der Waals surface area (Å²) in [6.45, 7) is 0. The molecule has 5 nitrogen and oxygen atoms in total. The van der Waals surface area contributed by atoms with Crippen LogP contribution in [0.2, 0.25) is 0 Å². The number of nitrogen functional groups attached to an aromatic ring is 1. The zero-order valence-corrected chi connectivity index (χ0v) is 11.7. The van der Waals surface area contributed by atoms with Gasteiger partial charge in [0.25, 0.3) is 5.89 Å². The molecule has 0 spiro atoms. The van der Waals surface area contributed by atoms with E-state index in [-0.39, 0.29) is 0 Å². The van der Waals surface area contributed by atoms with E-state index in [1.165, 1.54) is 11.3 Å². The zero-order valence-electron chi connectivity index (χ0n) is 10.9.